The van der Waals surface area contributed by atoms with Crippen LogP contribution in [0.15, 0.2) is 18.2 Å². The molecule has 1 aromatic carbocycles. The molecule has 6 heteroatoms. The summed E-state index contributed by atoms with van der Waals surface area (Å²) < 4.78 is 4.74. The molecule has 1 aromatic rings. The molecule has 112 valence electrons. The van der Waals surface area contributed by atoms with Crippen molar-refractivity contribution in [1.29, 1.82) is 0 Å². The third-order valence-electron chi connectivity index (χ3n) is 3.29. The van der Waals surface area contributed by atoms with Crippen molar-refractivity contribution in [3.63, 3.8) is 0 Å². The second-order valence-corrected chi connectivity index (χ2v) is 5.08. The van der Waals surface area contributed by atoms with Crippen molar-refractivity contribution in [3.05, 3.63) is 34.3 Å². The Hall–Kier alpha value is -0.810. The summed E-state index contributed by atoms with van der Waals surface area (Å²) in [6, 6.07) is 5.29. The van der Waals surface area contributed by atoms with Crippen LogP contribution in [0.1, 0.15) is 22.3 Å². The molecule has 0 atom stereocenters. The van der Waals surface area contributed by atoms with E-state index in [4.69, 9.17) is 16.3 Å². The number of nitrogens with one attached hydrogen (secondary N) is 1. The molecule has 20 heavy (non-hydrogen) atoms. The average molecular weight is 319 g/mol. The lowest BCUT2D eigenvalue weighted by Gasteiger charge is -2.20. The normalized spacial score (nSPS) is 16.1. The van der Waals surface area contributed by atoms with Crippen LogP contribution in [0.4, 0.5) is 0 Å². The van der Waals surface area contributed by atoms with E-state index in [0.717, 1.165) is 44.7 Å². The first-order valence-electron chi connectivity index (χ1n) is 6.50. The van der Waals surface area contributed by atoms with Crippen LogP contribution >= 0.6 is 24.0 Å². The van der Waals surface area contributed by atoms with E-state index in [1.54, 1.807) is 12.1 Å². The van der Waals surface area contributed by atoms with Crippen LogP contribution in [0.2, 0.25) is 5.02 Å². The zero-order valence-corrected chi connectivity index (χ0v) is 13.1. The van der Waals surface area contributed by atoms with Gasteiger partial charge in [0.1, 0.15) is 0 Å². The number of hydrogen-bond acceptors (Lipinski definition) is 4. The van der Waals surface area contributed by atoms with Gasteiger partial charge in [-0.2, -0.15) is 0 Å². The highest BCUT2D eigenvalue weighted by Crippen LogP contribution is 2.20. The molecule has 1 aliphatic heterocycles. The lowest BCUT2D eigenvalue weighted by atomic mass is 10.1. The Bertz CT molecular complexity index is 447. The first kappa shape index (κ1) is 17.2. The number of carbonyl (C=O) groups excluding carboxylic acids is 1. The van der Waals surface area contributed by atoms with Crippen LogP contribution in [-0.4, -0.2) is 44.2 Å². The number of nitrogens with zero attached hydrogens (tertiary/aromatic N) is 1. The topological polar surface area (TPSA) is 41.6 Å². The Kier molecular flexibility index (Phi) is 7.30. The molecule has 1 saturated heterocycles. The highest BCUT2D eigenvalue weighted by molar-refractivity contribution is 6.31. The summed E-state index contributed by atoms with van der Waals surface area (Å²) in [6.45, 7) is 4.87. The first-order chi connectivity index (χ1) is 9.20. The van der Waals surface area contributed by atoms with Gasteiger partial charge < -0.3 is 10.1 Å². The molecule has 0 aliphatic carbocycles. The molecule has 0 amide bonds. The molecule has 2 rings (SSSR count). The summed E-state index contributed by atoms with van der Waals surface area (Å²) in [5.41, 5.74) is 1.53. The van der Waals surface area contributed by atoms with E-state index in [1.807, 2.05) is 6.07 Å². The maximum Gasteiger partial charge on any atom is 0.337 e. The average Bonchev–Trinajstić information content (AvgIpc) is 2.69. The molecule has 1 N–H and O–H groups in total. The highest BCUT2D eigenvalue weighted by Gasteiger charge is 2.13. The number of methoxy groups -OCH3 is 1. The van der Waals surface area contributed by atoms with Crippen molar-refractivity contribution in [2.75, 3.05) is 33.3 Å². The Morgan fingerprint density at radius 2 is 2.20 bits per heavy atom. The number of ether oxygens (including phenoxy) is 1. The monoisotopic (exact) mass is 318 g/mol. The van der Waals surface area contributed by atoms with Crippen LogP contribution in [-0.2, 0) is 11.3 Å². The molecule has 0 spiro atoms. The fourth-order valence-corrected chi connectivity index (χ4v) is 2.42. The van der Waals surface area contributed by atoms with Crippen LogP contribution in [0.25, 0.3) is 0 Å². The molecule has 0 bridgehead atoms. The van der Waals surface area contributed by atoms with Crippen molar-refractivity contribution in [1.82, 2.24) is 10.2 Å². The minimum Gasteiger partial charge on any atom is -0.465 e. The Morgan fingerprint density at radius 3 is 2.95 bits per heavy atom. The second kappa shape index (κ2) is 8.47. The molecule has 0 radical (unpaired) electrons. The minimum absolute atomic E-state index is 0. The molecule has 4 nitrogen and oxygen atoms in total. The zero-order valence-electron chi connectivity index (χ0n) is 11.5. The first-order valence-corrected chi connectivity index (χ1v) is 6.88. The quantitative estimate of drug-likeness (QED) is 0.869. The molecule has 0 aromatic heterocycles. The summed E-state index contributed by atoms with van der Waals surface area (Å²) in [5.74, 6) is -0.324. The number of halogens is 2. The van der Waals surface area contributed by atoms with E-state index in [2.05, 4.69) is 10.2 Å². The predicted octanol–water partition coefficient (Wildman–Crippen LogP) is 2.34. The van der Waals surface area contributed by atoms with Crippen LogP contribution < -0.4 is 5.32 Å². The number of esters is 1. The lowest BCUT2D eigenvalue weighted by Crippen LogP contribution is -2.27. The molecule has 0 unspecified atom stereocenters. The van der Waals surface area contributed by atoms with E-state index in [-0.39, 0.29) is 18.4 Å². The van der Waals surface area contributed by atoms with Crippen LogP contribution in [0, 0.1) is 0 Å². The van der Waals surface area contributed by atoms with E-state index in [1.165, 1.54) is 7.11 Å². The van der Waals surface area contributed by atoms with Gasteiger partial charge in [-0.1, -0.05) is 11.6 Å². The van der Waals surface area contributed by atoms with E-state index < -0.39 is 0 Å². The molecule has 1 heterocycles. The summed E-state index contributed by atoms with van der Waals surface area (Å²) in [6.07, 6.45) is 1.13. The standard InChI is InChI=1S/C14H19ClN2O2.ClH/c1-19-14(18)11-3-4-13(15)12(9-11)10-17-7-2-5-16-6-8-17;/h3-4,9,16H,2,5-8,10H2,1H3;1H. The predicted molar refractivity (Wildman–Crippen MR) is 82.8 cm³/mol. The van der Waals surface area contributed by atoms with Crippen LogP contribution in [0.3, 0.4) is 0 Å². The summed E-state index contributed by atoms with van der Waals surface area (Å²) in [4.78, 5) is 13.9. The SMILES string of the molecule is COC(=O)c1ccc(Cl)c(CN2CCCNCC2)c1.Cl. The number of carbonyl (C=O) groups is 1. The van der Waals surface area contributed by atoms with Gasteiger partial charge in [0.05, 0.1) is 12.7 Å². The number of hydrogen-bond donors (Lipinski definition) is 1. The van der Waals surface area contributed by atoms with Gasteiger partial charge in [-0.05, 0) is 43.3 Å². The Morgan fingerprint density at radius 1 is 1.40 bits per heavy atom. The summed E-state index contributed by atoms with van der Waals surface area (Å²) >= 11 is 6.21. The Balaban J connectivity index is 0.00000200. The molecular weight excluding hydrogens is 299 g/mol. The summed E-state index contributed by atoms with van der Waals surface area (Å²) in [5, 5.41) is 4.07. The maximum atomic E-state index is 11.5. The largest absolute Gasteiger partial charge is 0.465 e. The van der Waals surface area contributed by atoms with E-state index >= 15 is 0 Å². The second-order valence-electron chi connectivity index (χ2n) is 4.68. The van der Waals surface area contributed by atoms with Gasteiger partial charge >= 0.3 is 5.97 Å². The van der Waals surface area contributed by atoms with Gasteiger partial charge in [0.25, 0.3) is 0 Å². The van der Waals surface area contributed by atoms with Crippen LogP contribution in [0.5, 0.6) is 0 Å². The zero-order chi connectivity index (χ0) is 13.7. The summed E-state index contributed by atoms with van der Waals surface area (Å²) in [7, 11) is 1.39. The minimum atomic E-state index is -0.324. The molecular formula is C14H20Cl2N2O2. The third kappa shape index (κ3) is 4.63. The Labute approximate surface area is 130 Å². The lowest BCUT2D eigenvalue weighted by molar-refractivity contribution is 0.0600. The van der Waals surface area contributed by atoms with E-state index in [9.17, 15) is 4.79 Å². The highest BCUT2D eigenvalue weighted by atomic mass is 35.5. The number of rotatable bonds is 3. The van der Waals surface area contributed by atoms with Crippen molar-refractivity contribution in [2.45, 2.75) is 13.0 Å². The third-order valence-corrected chi connectivity index (χ3v) is 3.66. The fourth-order valence-electron chi connectivity index (χ4n) is 2.24. The van der Waals surface area contributed by atoms with Gasteiger partial charge in [0.15, 0.2) is 0 Å². The van der Waals surface area contributed by atoms with Gasteiger partial charge in [-0.15, -0.1) is 12.4 Å². The van der Waals surface area contributed by atoms with Crippen molar-refractivity contribution in [2.24, 2.45) is 0 Å². The van der Waals surface area contributed by atoms with Gasteiger partial charge in [0.2, 0.25) is 0 Å². The van der Waals surface area contributed by atoms with Gasteiger partial charge in [-0.25, -0.2) is 4.79 Å². The van der Waals surface area contributed by atoms with Crippen molar-refractivity contribution >= 4 is 30.0 Å². The molecule has 1 aliphatic rings. The smallest absolute Gasteiger partial charge is 0.337 e. The fraction of sp³-hybridized carbons (Fsp3) is 0.500. The van der Waals surface area contributed by atoms with Gasteiger partial charge in [-0.3, -0.25) is 4.90 Å². The molecule has 0 saturated carbocycles. The van der Waals surface area contributed by atoms with E-state index in [0.29, 0.717) is 10.6 Å². The number of benzene rings is 1. The van der Waals surface area contributed by atoms with Gasteiger partial charge in [0, 0.05) is 24.7 Å². The molecule has 1 fully saturated rings. The maximum absolute atomic E-state index is 11.5. The van der Waals surface area contributed by atoms with Crippen molar-refractivity contribution < 1.29 is 9.53 Å². The van der Waals surface area contributed by atoms with Crippen molar-refractivity contribution in [3.8, 4) is 0 Å².